The third kappa shape index (κ3) is 0. The van der Waals surface area contributed by atoms with Gasteiger partial charge in [0.1, 0.15) is 0 Å². The van der Waals surface area contributed by atoms with Gasteiger partial charge in [-0.2, -0.15) is 0 Å². The van der Waals surface area contributed by atoms with Gasteiger partial charge in [-0.25, -0.2) is 0 Å². The normalized spacial score (nSPS) is 1.00. The van der Waals surface area contributed by atoms with Gasteiger partial charge in [0.15, 0.2) is 0 Å². The van der Waals surface area contributed by atoms with Gasteiger partial charge in [-0.05, 0) is 0 Å². The number of rotatable bonds is 0. The maximum absolute atomic E-state index is 2.00. The van der Waals surface area contributed by atoms with Crippen molar-refractivity contribution in [3.8, 4) is 0 Å². The first kappa shape index (κ1) is 363. The van der Waals surface area contributed by atoms with E-state index in [4.69, 9.17) is 0 Å². The lowest BCUT2D eigenvalue weighted by atomic mass is 11.0. The maximum atomic E-state index is 2.00. The van der Waals surface area contributed by atoms with Gasteiger partial charge >= 0.3 is 0 Å². The Morgan fingerprint density at radius 1 is 0.250 bits per heavy atom. The summed E-state index contributed by atoms with van der Waals surface area (Å²) in [5.41, 5.74) is 0. The summed E-state index contributed by atoms with van der Waals surface area (Å²) in [5.74, 6) is 0. The molecule has 0 aliphatic heterocycles. The molecule has 0 bridgehead atoms. The van der Waals surface area contributed by atoms with Crippen molar-refractivity contribution in [3.05, 3.63) is 0 Å². The van der Waals surface area contributed by atoms with E-state index in [9.17, 15) is 0 Å². The lowest BCUT2D eigenvalue weighted by molar-refractivity contribution is 1.50. The molecular formula is C12H44. The Morgan fingerprint density at radius 2 is 0.250 bits per heavy atom. The maximum Gasteiger partial charge on any atom is -0.0683 e. The van der Waals surface area contributed by atoms with Crippen LogP contribution >= 0.6 is 0 Å². The van der Waals surface area contributed by atoms with Crippen molar-refractivity contribution in [3.63, 3.8) is 0 Å². The van der Waals surface area contributed by atoms with Crippen LogP contribution in [0.5, 0.6) is 0 Å². The molecule has 0 aliphatic carbocycles. The highest BCUT2D eigenvalue weighted by molar-refractivity contribution is 3.51. The fraction of sp³-hybridized carbons (Fsp3) is 1.00. The number of hydrogen-bond acceptors (Lipinski definition) is 0. The number of hydrogen-bond donors (Lipinski definition) is 0. The second kappa shape index (κ2) is 0. The van der Waals surface area contributed by atoms with E-state index in [1.54, 1.807) is 0 Å². The molecule has 0 aromatic rings. The predicted molar refractivity (Wildman–Crippen MR) is 76.5 cm³/mol. The molecule has 0 aromatic heterocycles. The molecule has 12 heavy (non-hydrogen) atoms. The highest BCUT2D eigenvalue weighted by Gasteiger charge is 0.934. The average Bonchev–Trinajstić information content (AvgIpc) is 1.50. The molecule has 0 nitrogen and oxygen atoms in total. The van der Waals surface area contributed by atoms with Crippen LogP contribution in [-0.2, 0) is 0 Å². The molecule has 0 saturated heterocycles. The summed E-state index contributed by atoms with van der Waals surface area (Å²) >= 11 is 0. The Bertz CT molecular complexity index is 0. The van der Waals surface area contributed by atoms with Crippen LogP contribution in [0.15, 0.2) is 0 Å². The van der Waals surface area contributed by atoms with Crippen molar-refractivity contribution in [2.24, 2.45) is 0 Å². The predicted octanol–water partition coefficient (Wildman–Crippen LogP) is 7.14. The van der Waals surface area contributed by atoms with Crippen molar-refractivity contribution in [2.45, 2.75) is 87.1 Å². The lowest BCUT2D eigenvalue weighted by Crippen LogP contribution is -0.856. The second-order valence-corrected chi connectivity index (χ2v) is 0. The molecule has 0 unspecified atom stereocenters. The average molecular weight is 188 g/mol. The summed E-state index contributed by atoms with van der Waals surface area (Å²) in [7, 11) is 0. The lowest BCUT2D eigenvalue weighted by Gasteiger charge is -1.07. The summed E-state index contributed by atoms with van der Waals surface area (Å²) in [6.45, 7) is 8.00. The smallest absolute Gasteiger partial charge is 0.0683 e. The topological polar surface area (TPSA) is 0 Å². The summed E-state index contributed by atoms with van der Waals surface area (Å²) in [4.78, 5) is 0. The Hall–Kier alpha value is 0. The molecule has 0 rings (SSSR count). The first-order chi connectivity index (χ1) is 2.00. The van der Waals surface area contributed by atoms with Crippen molar-refractivity contribution in [1.29, 1.82) is 0 Å². The van der Waals surface area contributed by atoms with E-state index in [2.05, 4.69) is 0 Å². The van der Waals surface area contributed by atoms with E-state index >= 15 is 0 Å². The highest BCUT2D eigenvalue weighted by Crippen LogP contribution is 1.15. The highest BCUT2D eigenvalue weighted by atomic mass is 13.0. The monoisotopic (exact) mass is 188 g/mol. The molecule has 0 aliphatic rings. The van der Waals surface area contributed by atoms with Crippen molar-refractivity contribution in [1.82, 2.24) is 0 Å². The third-order valence-corrected chi connectivity index (χ3v) is 0. The van der Waals surface area contributed by atoms with E-state index in [1.165, 1.54) is 0 Å². The Kier molecular flexibility index (Phi) is 0. The fourth-order valence-electron chi connectivity index (χ4n) is 0. The fourth-order valence-corrected chi connectivity index (χ4v) is 0. The summed E-state index contributed by atoms with van der Waals surface area (Å²) in [6.07, 6.45) is 0. The van der Waals surface area contributed by atoms with Gasteiger partial charge in [0, 0.05) is 0 Å². The minimum atomic E-state index is 0. The molecule has 0 heterocycles. The molecule has 0 amide bonds. The Balaban J connectivity index is -0.000000000500. The molecule has 92 valence electrons. The minimum Gasteiger partial charge on any atom is -0.0776 e. The van der Waals surface area contributed by atoms with Gasteiger partial charge in [-0.1, -0.05) is 87.1 Å². The largest absolute Gasteiger partial charge is 0.0776 e. The standard InChI is InChI=1S/2C2H6.8CH4/c2*1-2;;;;;;;;/h2*1-2H3;8*1H4. The summed E-state index contributed by atoms with van der Waals surface area (Å²) in [5, 5.41) is 0. The van der Waals surface area contributed by atoms with Crippen LogP contribution < -0.4 is 0 Å². The van der Waals surface area contributed by atoms with Gasteiger partial charge < -0.3 is 0 Å². The Labute approximate surface area is 87.8 Å². The van der Waals surface area contributed by atoms with Crippen LogP contribution in [0.3, 0.4) is 0 Å². The van der Waals surface area contributed by atoms with Crippen LogP contribution in [0.1, 0.15) is 87.1 Å². The van der Waals surface area contributed by atoms with Crippen LogP contribution in [0.4, 0.5) is 0 Å². The molecular weight excluding hydrogens is 144 g/mol. The molecule has 0 aromatic carbocycles. The molecule has 0 radical (unpaired) electrons. The summed E-state index contributed by atoms with van der Waals surface area (Å²) < 4.78 is 0. The van der Waals surface area contributed by atoms with E-state index in [1.807, 2.05) is 27.7 Å². The first-order valence-corrected chi connectivity index (χ1v) is 2.00. The Morgan fingerprint density at radius 3 is 0.250 bits per heavy atom. The van der Waals surface area contributed by atoms with Crippen molar-refractivity contribution < 1.29 is 0 Å². The van der Waals surface area contributed by atoms with E-state index in [-0.39, 0.29) is 59.4 Å². The van der Waals surface area contributed by atoms with Gasteiger partial charge in [0.05, 0.1) is 0 Å². The van der Waals surface area contributed by atoms with Gasteiger partial charge in [-0.3, -0.25) is 0 Å². The zero-order chi connectivity index (χ0) is 4.00. The van der Waals surface area contributed by atoms with E-state index in [0.29, 0.717) is 0 Å². The summed E-state index contributed by atoms with van der Waals surface area (Å²) in [6, 6.07) is 0. The molecule has 0 fully saturated rings. The molecule has 0 N–H and O–H groups in total. The van der Waals surface area contributed by atoms with Crippen molar-refractivity contribution in [2.75, 3.05) is 0 Å². The van der Waals surface area contributed by atoms with E-state index < -0.39 is 0 Å². The van der Waals surface area contributed by atoms with E-state index in [0.717, 1.165) is 0 Å². The van der Waals surface area contributed by atoms with Crippen LogP contribution in [0.25, 0.3) is 0 Å². The first-order valence-electron chi connectivity index (χ1n) is 2.00. The van der Waals surface area contributed by atoms with Gasteiger partial charge in [0.2, 0.25) is 0 Å². The molecule has 0 spiro atoms. The van der Waals surface area contributed by atoms with Crippen LogP contribution in [0.2, 0.25) is 0 Å². The van der Waals surface area contributed by atoms with Gasteiger partial charge in [-0.15, -0.1) is 0 Å². The third-order valence-electron chi connectivity index (χ3n) is 0. The quantitative estimate of drug-likeness (QED) is 0.379. The molecule has 0 saturated carbocycles. The zero-order valence-corrected chi connectivity index (χ0v) is 4.00. The SMILES string of the molecule is C.C.C.C.C.C.C.C.CC.CC. The molecule has 0 heteroatoms. The van der Waals surface area contributed by atoms with Crippen molar-refractivity contribution >= 4 is 0 Å². The zero-order valence-electron chi connectivity index (χ0n) is 4.00. The molecule has 0 atom stereocenters. The minimum absolute atomic E-state index is 0. The van der Waals surface area contributed by atoms with Crippen LogP contribution in [-0.4, -0.2) is 0 Å². The van der Waals surface area contributed by atoms with Gasteiger partial charge in [0.25, 0.3) is 0 Å². The van der Waals surface area contributed by atoms with Crippen LogP contribution in [0, 0.1) is 0 Å². The second-order valence-electron chi connectivity index (χ2n) is 0.